The van der Waals surface area contributed by atoms with Gasteiger partial charge in [0.25, 0.3) is 0 Å². The topological polar surface area (TPSA) is 32.3 Å². The highest BCUT2D eigenvalue weighted by Gasteiger charge is 1.99. The lowest BCUT2D eigenvalue weighted by Gasteiger charge is -2.07. The van der Waals surface area contributed by atoms with Gasteiger partial charge in [0.1, 0.15) is 5.75 Å². The van der Waals surface area contributed by atoms with Gasteiger partial charge in [-0.25, -0.2) is 0 Å². The normalized spacial score (nSPS) is 9.93. The Morgan fingerprint density at radius 2 is 1.67 bits per heavy atom. The number of benzene rings is 2. The third kappa shape index (κ3) is 2.62. The van der Waals surface area contributed by atoms with Crippen LogP contribution in [-0.2, 0) is 0 Å². The first-order valence-electron chi connectivity index (χ1n) is 4.56. The lowest BCUT2D eigenvalue weighted by Crippen LogP contribution is -1.89. The molecule has 2 N–H and O–H groups in total. The van der Waals surface area contributed by atoms with Crippen molar-refractivity contribution in [1.29, 1.82) is 0 Å². The molecule has 0 unspecified atom stereocenters. The predicted octanol–water partition coefficient (Wildman–Crippen LogP) is 3.74. The van der Waals surface area contributed by atoms with Crippen molar-refractivity contribution < 1.29 is 5.11 Å². The summed E-state index contributed by atoms with van der Waals surface area (Å²) in [7, 11) is 0. The van der Waals surface area contributed by atoms with Crippen LogP contribution in [0.1, 0.15) is 0 Å². The fraction of sp³-hybridized carbons (Fsp3) is 0. The van der Waals surface area contributed by atoms with Crippen LogP contribution in [0.3, 0.4) is 0 Å². The van der Waals surface area contributed by atoms with Gasteiger partial charge >= 0.3 is 0 Å². The van der Waals surface area contributed by atoms with Gasteiger partial charge in [0, 0.05) is 11.4 Å². The molecule has 0 spiro atoms. The maximum Gasteiger partial charge on any atom is 0.129 e. The fourth-order valence-corrected chi connectivity index (χ4v) is 1.79. The van der Waals surface area contributed by atoms with E-state index in [2.05, 4.69) is 27.9 Å². The van der Waals surface area contributed by atoms with Crippen molar-refractivity contribution in [3.05, 3.63) is 52.1 Å². The van der Waals surface area contributed by atoms with Crippen molar-refractivity contribution in [2.45, 2.75) is 0 Å². The first-order valence-corrected chi connectivity index (χ1v) is 5.64. The first kappa shape index (κ1) is 10.3. The van der Waals surface area contributed by atoms with Gasteiger partial charge in [0.2, 0.25) is 0 Å². The van der Waals surface area contributed by atoms with Gasteiger partial charge in [0.05, 0.1) is 3.57 Å². The van der Waals surface area contributed by atoms with E-state index in [-0.39, 0.29) is 0 Å². The van der Waals surface area contributed by atoms with Gasteiger partial charge in [-0.1, -0.05) is 18.2 Å². The molecule has 0 radical (unpaired) electrons. The van der Waals surface area contributed by atoms with E-state index in [1.165, 1.54) is 0 Å². The smallest absolute Gasteiger partial charge is 0.129 e. The van der Waals surface area contributed by atoms with Gasteiger partial charge in [-0.3, -0.25) is 0 Å². The average molecular weight is 311 g/mol. The zero-order chi connectivity index (χ0) is 10.7. The number of halogens is 1. The molecule has 2 rings (SSSR count). The summed E-state index contributed by atoms with van der Waals surface area (Å²) in [6.07, 6.45) is 0. The minimum absolute atomic E-state index is 0.314. The number of aromatic hydroxyl groups is 1. The Kier molecular flexibility index (Phi) is 3.11. The quantitative estimate of drug-likeness (QED) is 0.654. The summed E-state index contributed by atoms with van der Waals surface area (Å²) in [4.78, 5) is 0. The van der Waals surface area contributed by atoms with Crippen molar-refractivity contribution in [3.8, 4) is 5.75 Å². The molecule has 0 aliphatic heterocycles. The maximum atomic E-state index is 9.37. The molecular formula is C12H10INO. The van der Waals surface area contributed by atoms with Crippen LogP contribution in [0.2, 0.25) is 0 Å². The van der Waals surface area contributed by atoms with Crippen LogP contribution in [0, 0.1) is 3.57 Å². The third-order valence-corrected chi connectivity index (χ3v) is 2.87. The molecule has 0 atom stereocenters. The van der Waals surface area contributed by atoms with E-state index in [0.717, 1.165) is 14.9 Å². The lowest BCUT2D eigenvalue weighted by molar-refractivity contribution is 0.471. The number of nitrogens with one attached hydrogen (secondary N) is 1. The highest BCUT2D eigenvalue weighted by molar-refractivity contribution is 14.1. The van der Waals surface area contributed by atoms with Crippen LogP contribution < -0.4 is 5.32 Å². The monoisotopic (exact) mass is 311 g/mol. The van der Waals surface area contributed by atoms with Crippen molar-refractivity contribution in [2.75, 3.05) is 5.32 Å². The third-order valence-electron chi connectivity index (χ3n) is 2.01. The standard InChI is InChI=1S/C12H10INO/c13-11-8-10(6-7-12(11)15)14-9-4-2-1-3-5-9/h1-8,14-15H. The van der Waals surface area contributed by atoms with Crippen LogP contribution in [0.4, 0.5) is 11.4 Å². The van der Waals surface area contributed by atoms with Crippen molar-refractivity contribution >= 4 is 34.0 Å². The fourth-order valence-electron chi connectivity index (χ4n) is 1.27. The van der Waals surface area contributed by atoms with Crippen molar-refractivity contribution in [1.82, 2.24) is 0 Å². The van der Waals surface area contributed by atoms with E-state index in [1.807, 2.05) is 42.5 Å². The van der Waals surface area contributed by atoms with Crippen LogP contribution in [0.15, 0.2) is 48.5 Å². The number of hydrogen-bond donors (Lipinski definition) is 2. The Hall–Kier alpha value is -1.23. The van der Waals surface area contributed by atoms with Crippen LogP contribution in [0.25, 0.3) is 0 Å². The molecule has 2 aromatic carbocycles. The molecule has 76 valence electrons. The molecular weight excluding hydrogens is 301 g/mol. The molecule has 2 nitrogen and oxygen atoms in total. The number of anilines is 2. The number of phenolic OH excluding ortho intramolecular Hbond substituents is 1. The Bertz CT molecular complexity index is 456. The van der Waals surface area contributed by atoms with E-state index in [9.17, 15) is 5.11 Å². The first-order chi connectivity index (χ1) is 7.25. The zero-order valence-corrected chi connectivity index (χ0v) is 10.1. The summed E-state index contributed by atoms with van der Waals surface area (Å²) >= 11 is 2.10. The SMILES string of the molecule is Oc1ccc(Nc2ccccc2)cc1I. The Morgan fingerprint density at radius 1 is 0.933 bits per heavy atom. The zero-order valence-electron chi connectivity index (χ0n) is 7.94. The highest BCUT2D eigenvalue weighted by Crippen LogP contribution is 2.24. The van der Waals surface area contributed by atoms with Gasteiger partial charge in [0.15, 0.2) is 0 Å². The van der Waals surface area contributed by atoms with Gasteiger partial charge < -0.3 is 10.4 Å². The Labute approximate surface area is 102 Å². The molecule has 2 aromatic rings. The Morgan fingerprint density at radius 3 is 2.33 bits per heavy atom. The van der Waals surface area contributed by atoms with Gasteiger partial charge in [-0.05, 0) is 52.9 Å². The molecule has 0 aliphatic carbocycles. The van der Waals surface area contributed by atoms with Gasteiger partial charge in [-0.15, -0.1) is 0 Å². The molecule has 0 aromatic heterocycles. The lowest BCUT2D eigenvalue weighted by atomic mass is 10.2. The highest BCUT2D eigenvalue weighted by atomic mass is 127. The van der Waals surface area contributed by atoms with Crippen LogP contribution >= 0.6 is 22.6 Å². The molecule has 0 saturated heterocycles. The second-order valence-electron chi connectivity index (χ2n) is 3.16. The van der Waals surface area contributed by atoms with E-state index in [1.54, 1.807) is 6.07 Å². The minimum Gasteiger partial charge on any atom is -0.507 e. The summed E-state index contributed by atoms with van der Waals surface area (Å²) in [5.74, 6) is 0.314. The van der Waals surface area contributed by atoms with Gasteiger partial charge in [-0.2, -0.15) is 0 Å². The van der Waals surface area contributed by atoms with E-state index in [4.69, 9.17) is 0 Å². The maximum absolute atomic E-state index is 9.37. The Balaban J connectivity index is 2.22. The molecule has 0 aliphatic rings. The predicted molar refractivity (Wildman–Crippen MR) is 70.5 cm³/mol. The summed E-state index contributed by atoms with van der Waals surface area (Å²) in [5.41, 5.74) is 2.02. The summed E-state index contributed by atoms with van der Waals surface area (Å²) in [5, 5.41) is 12.6. The van der Waals surface area contributed by atoms with Crippen LogP contribution in [-0.4, -0.2) is 5.11 Å². The largest absolute Gasteiger partial charge is 0.507 e. The average Bonchev–Trinajstić information content (AvgIpc) is 2.25. The minimum atomic E-state index is 0.314. The van der Waals surface area contributed by atoms with E-state index >= 15 is 0 Å². The summed E-state index contributed by atoms with van der Waals surface area (Å²) < 4.78 is 0.841. The molecule has 15 heavy (non-hydrogen) atoms. The molecule has 0 fully saturated rings. The summed E-state index contributed by atoms with van der Waals surface area (Å²) in [6.45, 7) is 0. The number of hydrogen-bond acceptors (Lipinski definition) is 2. The molecule has 0 amide bonds. The molecule has 0 saturated carbocycles. The second-order valence-corrected chi connectivity index (χ2v) is 4.32. The number of para-hydroxylation sites is 1. The number of phenols is 1. The van der Waals surface area contributed by atoms with E-state index < -0.39 is 0 Å². The molecule has 0 heterocycles. The van der Waals surface area contributed by atoms with E-state index in [0.29, 0.717) is 5.75 Å². The van der Waals surface area contributed by atoms with Crippen LogP contribution in [0.5, 0.6) is 5.75 Å². The molecule has 0 bridgehead atoms. The molecule has 3 heteroatoms. The second kappa shape index (κ2) is 4.53. The van der Waals surface area contributed by atoms with Crippen molar-refractivity contribution in [2.24, 2.45) is 0 Å². The number of rotatable bonds is 2. The summed E-state index contributed by atoms with van der Waals surface area (Å²) in [6, 6.07) is 15.4. The van der Waals surface area contributed by atoms with Crippen molar-refractivity contribution in [3.63, 3.8) is 0 Å².